The Morgan fingerprint density at radius 3 is 2.69 bits per heavy atom. The van der Waals surface area contributed by atoms with E-state index in [0.717, 1.165) is 12.1 Å². The number of non-ortho nitro benzene ring substituents is 1. The Balaban J connectivity index is 2.47. The van der Waals surface area contributed by atoms with Crippen LogP contribution in [0.4, 0.5) is 10.1 Å². The molecule has 82 valence electrons. The number of rotatable bonds is 2. The molecule has 0 saturated carbocycles. The molecule has 0 radical (unpaired) electrons. The number of hydrogen-bond donors (Lipinski definition) is 0. The van der Waals surface area contributed by atoms with Crippen LogP contribution in [0, 0.1) is 15.9 Å². The summed E-state index contributed by atoms with van der Waals surface area (Å²) in [7, 11) is 0. The molecule has 0 bridgehead atoms. The first-order valence-electron chi connectivity index (χ1n) is 4.01. The van der Waals surface area contributed by atoms with Crippen molar-refractivity contribution in [2.75, 3.05) is 0 Å². The van der Waals surface area contributed by atoms with E-state index in [1.807, 2.05) is 0 Å². The summed E-state index contributed by atoms with van der Waals surface area (Å²) in [5.41, 5.74) is -0.316. The molecular formula is C8H3BrFN3O3. The van der Waals surface area contributed by atoms with Gasteiger partial charge in [0.05, 0.1) is 16.6 Å². The summed E-state index contributed by atoms with van der Waals surface area (Å²) in [6, 6.07) is 3.18. The van der Waals surface area contributed by atoms with Crippen molar-refractivity contribution in [3.63, 3.8) is 0 Å². The van der Waals surface area contributed by atoms with Crippen LogP contribution in [0.3, 0.4) is 0 Å². The van der Waals surface area contributed by atoms with E-state index in [1.54, 1.807) is 0 Å². The predicted octanol–water partition coefficient (Wildman–Crippen LogP) is 2.55. The highest BCUT2D eigenvalue weighted by molar-refractivity contribution is 9.10. The molecule has 0 N–H and O–H groups in total. The van der Waals surface area contributed by atoms with Crippen molar-refractivity contribution < 1.29 is 13.7 Å². The van der Waals surface area contributed by atoms with E-state index in [9.17, 15) is 14.5 Å². The van der Waals surface area contributed by atoms with E-state index >= 15 is 0 Å². The third kappa shape index (κ3) is 1.91. The zero-order valence-electron chi connectivity index (χ0n) is 7.55. The van der Waals surface area contributed by atoms with Crippen LogP contribution in [-0.4, -0.2) is 15.1 Å². The van der Waals surface area contributed by atoms with Crippen molar-refractivity contribution in [1.29, 1.82) is 0 Å². The van der Waals surface area contributed by atoms with Gasteiger partial charge in [0, 0.05) is 22.0 Å². The third-order valence-electron chi connectivity index (χ3n) is 1.79. The van der Waals surface area contributed by atoms with Crippen LogP contribution in [0.15, 0.2) is 27.4 Å². The number of hydrogen-bond acceptors (Lipinski definition) is 5. The summed E-state index contributed by atoms with van der Waals surface area (Å²) in [5.74, 6) is -0.829. The molecule has 16 heavy (non-hydrogen) atoms. The Kier molecular flexibility index (Phi) is 2.65. The number of nitro groups is 1. The summed E-state index contributed by atoms with van der Waals surface area (Å²) in [6.07, 6.45) is 0. The smallest absolute Gasteiger partial charge is 0.285 e. The van der Waals surface area contributed by atoms with Gasteiger partial charge < -0.3 is 4.42 Å². The zero-order chi connectivity index (χ0) is 11.7. The molecule has 2 rings (SSSR count). The summed E-state index contributed by atoms with van der Waals surface area (Å²) >= 11 is 2.92. The minimum Gasteiger partial charge on any atom is -0.411 e. The number of benzene rings is 1. The Morgan fingerprint density at radius 2 is 2.19 bits per heavy atom. The second-order valence-corrected chi connectivity index (χ2v) is 3.46. The van der Waals surface area contributed by atoms with Gasteiger partial charge in [-0.05, 0) is 6.07 Å². The Labute approximate surface area is 96.4 Å². The maximum atomic E-state index is 13.5. The van der Waals surface area contributed by atoms with Gasteiger partial charge in [-0.3, -0.25) is 10.1 Å². The molecule has 0 aliphatic carbocycles. The molecule has 0 aliphatic rings. The molecule has 0 amide bonds. The van der Waals surface area contributed by atoms with E-state index in [2.05, 4.69) is 26.1 Å². The van der Waals surface area contributed by atoms with Gasteiger partial charge in [-0.15, -0.1) is 10.2 Å². The van der Waals surface area contributed by atoms with Crippen LogP contribution in [-0.2, 0) is 0 Å². The van der Waals surface area contributed by atoms with Gasteiger partial charge in [0.2, 0.25) is 0 Å². The fraction of sp³-hybridized carbons (Fsp3) is 0. The fourth-order valence-corrected chi connectivity index (χ4v) is 1.34. The lowest BCUT2D eigenvalue weighted by molar-refractivity contribution is -0.385. The second kappa shape index (κ2) is 3.97. The quantitative estimate of drug-likeness (QED) is 0.626. The van der Waals surface area contributed by atoms with E-state index in [4.69, 9.17) is 4.42 Å². The van der Waals surface area contributed by atoms with Gasteiger partial charge in [0.15, 0.2) is 0 Å². The van der Waals surface area contributed by atoms with Gasteiger partial charge in [0.1, 0.15) is 5.82 Å². The summed E-state index contributed by atoms with van der Waals surface area (Å²) < 4.78 is 18.4. The highest BCUT2D eigenvalue weighted by Crippen LogP contribution is 2.26. The number of aromatic nitrogens is 2. The average Bonchev–Trinajstić information content (AvgIpc) is 2.64. The van der Waals surface area contributed by atoms with Crippen LogP contribution < -0.4 is 0 Å². The highest BCUT2D eigenvalue weighted by atomic mass is 79.9. The van der Waals surface area contributed by atoms with Crippen molar-refractivity contribution in [3.05, 3.63) is 38.9 Å². The number of nitro benzene ring substituents is 1. The van der Waals surface area contributed by atoms with Gasteiger partial charge in [-0.1, -0.05) is 0 Å². The molecule has 0 spiro atoms. The van der Waals surface area contributed by atoms with Crippen LogP contribution >= 0.6 is 15.9 Å². The number of halogens is 2. The first kappa shape index (κ1) is 10.7. The molecule has 1 aromatic heterocycles. The maximum Gasteiger partial charge on any atom is 0.285 e. The van der Waals surface area contributed by atoms with E-state index in [1.165, 1.54) is 6.07 Å². The minimum absolute atomic E-state index is 0.0174. The van der Waals surface area contributed by atoms with Crippen molar-refractivity contribution >= 4 is 21.6 Å². The molecule has 8 heteroatoms. The Bertz CT molecular complexity index is 557. The van der Waals surface area contributed by atoms with Crippen LogP contribution in [0.1, 0.15) is 0 Å². The summed E-state index contributed by atoms with van der Waals surface area (Å²) in [4.78, 5) is 9.81. The molecule has 0 unspecified atom stereocenters. The van der Waals surface area contributed by atoms with Crippen LogP contribution in [0.5, 0.6) is 0 Å². The monoisotopic (exact) mass is 287 g/mol. The number of nitrogens with zero attached hydrogens (tertiary/aromatic N) is 3. The lowest BCUT2D eigenvalue weighted by Crippen LogP contribution is -1.91. The molecule has 0 saturated heterocycles. The lowest BCUT2D eigenvalue weighted by atomic mass is 10.2. The van der Waals surface area contributed by atoms with Crippen LogP contribution in [0.2, 0.25) is 0 Å². The summed E-state index contributed by atoms with van der Waals surface area (Å²) in [6.45, 7) is 0. The topological polar surface area (TPSA) is 82.1 Å². The lowest BCUT2D eigenvalue weighted by Gasteiger charge is -1.96. The molecule has 0 fully saturated rings. The standard InChI is InChI=1S/C8H3BrFN3O3/c9-8-12-11-7(16-8)5-2-1-4(13(14)15)3-6(5)10/h1-3H. The second-order valence-electron chi connectivity index (χ2n) is 2.78. The molecule has 6 nitrogen and oxygen atoms in total. The largest absolute Gasteiger partial charge is 0.411 e. The van der Waals surface area contributed by atoms with Crippen molar-refractivity contribution in [1.82, 2.24) is 10.2 Å². The molecular weight excluding hydrogens is 285 g/mol. The molecule has 2 aromatic rings. The molecule has 1 aromatic carbocycles. The normalized spacial score (nSPS) is 10.4. The van der Waals surface area contributed by atoms with Crippen molar-refractivity contribution in [2.45, 2.75) is 0 Å². The Hall–Kier alpha value is -1.83. The fourth-order valence-electron chi connectivity index (χ4n) is 1.11. The van der Waals surface area contributed by atoms with E-state index in [-0.39, 0.29) is 21.9 Å². The van der Waals surface area contributed by atoms with Crippen molar-refractivity contribution in [3.8, 4) is 11.5 Å². The van der Waals surface area contributed by atoms with Gasteiger partial charge in [0.25, 0.3) is 16.4 Å². The van der Waals surface area contributed by atoms with Gasteiger partial charge in [-0.25, -0.2) is 4.39 Å². The highest BCUT2D eigenvalue weighted by Gasteiger charge is 2.15. The van der Waals surface area contributed by atoms with Crippen LogP contribution in [0.25, 0.3) is 11.5 Å². The zero-order valence-corrected chi connectivity index (χ0v) is 9.14. The summed E-state index contributed by atoms with van der Waals surface area (Å²) in [5, 5.41) is 17.4. The molecule has 0 aliphatic heterocycles. The first-order chi connectivity index (χ1) is 7.58. The molecule has 0 atom stereocenters. The molecule has 1 heterocycles. The Morgan fingerprint density at radius 1 is 1.44 bits per heavy atom. The van der Waals surface area contributed by atoms with Crippen molar-refractivity contribution in [2.24, 2.45) is 0 Å². The minimum atomic E-state index is -0.787. The maximum absolute atomic E-state index is 13.5. The predicted molar refractivity (Wildman–Crippen MR) is 54.0 cm³/mol. The van der Waals surface area contributed by atoms with Gasteiger partial charge in [-0.2, -0.15) is 0 Å². The van der Waals surface area contributed by atoms with E-state index in [0.29, 0.717) is 0 Å². The van der Waals surface area contributed by atoms with Gasteiger partial charge >= 0.3 is 0 Å². The van der Waals surface area contributed by atoms with E-state index < -0.39 is 10.7 Å². The average molecular weight is 288 g/mol. The first-order valence-corrected chi connectivity index (χ1v) is 4.80. The third-order valence-corrected chi connectivity index (χ3v) is 2.11. The SMILES string of the molecule is O=[N+]([O-])c1ccc(-c2nnc(Br)o2)c(F)c1.